The molecule has 1 unspecified atom stereocenters. The number of nitrogens with one attached hydrogen (secondary N) is 1. The molecular weight excluding hydrogens is 339 g/mol. The smallest absolute Gasteiger partial charge is 0.255 e. The molecule has 7 nitrogen and oxygen atoms in total. The molecule has 2 heterocycles. The van der Waals surface area contributed by atoms with Gasteiger partial charge in [0.25, 0.3) is 5.56 Å². The number of likely N-dealkylation sites (tertiary alicyclic amines) is 1. The van der Waals surface area contributed by atoms with Gasteiger partial charge in [-0.1, -0.05) is 6.07 Å². The van der Waals surface area contributed by atoms with Crippen LogP contribution in [-0.4, -0.2) is 51.8 Å². The first-order chi connectivity index (χ1) is 12.4. The largest absolute Gasteiger partial charge is 0.390 e. The van der Waals surface area contributed by atoms with Crippen molar-refractivity contribution in [3.63, 3.8) is 0 Å². The van der Waals surface area contributed by atoms with Crippen molar-refractivity contribution in [3.05, 3.63) is 58.8 Å². The maximum absolute atomic E-state index is 14.3. The summed E-state index contributed by atoms with van der Waals surface area (Å²) in [5.41, 5.74) is 5.96. The van der Waals surface area contributed by atoms with Crippen LogP contribution in [0.1, 0.15) is 6.92 Å². The van der Waals surface area contributed by atoms with Crippen LogP contribution in [-0.2, 0) is 4.79 Å². The lowest BCUT2D eigenvalue weighted by Crippen LogP contribution is -2.42. The minimum atomic E-state index is -0.682. The first-order valence-corrected chi connectivity index (χ1v) is 8.32. The summed E-state index contributed by atoms with van der Waals surface area (Å²) in [5, 5.41) is 12.3. The van der Waals surface area contributed by atoms with Crippen molar-refractivity contribution in [2.75, 3.05) is 18.4 Å². The lowest BCUT2D eigenvalue weighted by molar-refractivity contribution is -0.117. The van der Waals surface area contributed by atoms with Gasteiger partial charge in [-0.25, -0.2) is 4.39 Å². The number of anilines is 1. The molecule has 2 aromatic rings. The van der Waals surface area contributed by atoms with Gasteiger partial charge in [0.2, 0.25) is 5.91 Å². The Balaban J connectivity index is 1.70. The van der Waals surface area contributed by atoms with Crippen molar-refractivity contribution >= 4 is 11.6 Å². The molecule has 0 bridgehead atoms. The fourth-order valence-electron chi connectivity index (χ4n) is 3.07. The summed E-state index contributed by atoms with van der Waals surface area (Å²) < 4.78 is 15.6. The van der Waals surface area contributed by atoms with Crippen LogP contribution in [0.2, 0.25) is 0 Å². The monoisotopic (exact) mass is 360 g/mol. The SMILES string of the molecule is CC1[C@@H](N)[C@@H](O)CN1CC(=O)Nc1ccc(-n2ccccc2=O)cc1F. The van der Waals surface area contributed by atoms with Crippen LogP contribution in [0.25, 0.3) is 5.69 Å². The molecule has 1 fully saturated rings. The third-order valence-electron chi connectivity index (χ3n) is 4.67. The standard InChI is InChI=1S/C18H21FN4O3/c1-11-18(20)15(24)9-22(11)10-16(25)21-14-6-5-12(8-13(14)19)23-7-3-2-4-17(23)26/h2-8,11,15,18,24H,9-10,20H2,1H3,(H,21,25)/t11?,15-,18+/m0/s1. The third-order valence-corrected chi connectivity index (χ3v) is 4.67. The molecular formula is C18H21FN4O3. The summed E-state index contributed by atoms with van der Waals surface area (Å²) in [4.78, 5) is 25.7. The zero-order valence-corrected chi connectivity index (χ0v) is 14.3. The number of hydrogen-bond donors (Lipinski definition) is 3. The van der Waals surface area contributed by atoms with Crippen LogP contribution in [0.4, 0.5) is 10.1 Å². The highest BCUT2D eigenvalue weighted by Crippen LogP contribution is 2.19. The number of nitrogens with two attached hydrogens (primary N) is 1. The zero-order chi connectivity index (χ0) is 18.8. The Hall–Kier alpha value is -2.55. The maximum Gasteiger partial charge on any atom is 0.255 e. The van der Waals surface area contributed by atoms with Crippen LogP contribution in [0.5, 0.6) is 0 Å². The average Bonchev–Trinajstić information content (AvgIpc) is 2.84. The lowest BCUT2D eigenvalue weighted by atomic mass is 10.1. The highest BCUT2D eigenvalue weighted by atomic mass is 19.1. The molecule has 0 radical (unpaired) electrons. The van der Waals surface area contributed by atoms with Gasteiger partial charge in [0.1, 0.15) is 5.82 Å². The second kappa shape index (κ2) is 7.36. The van der Waals surface area contributed by atoms with E-state index in [-0.39, 0.29) is 23.8 Å². The number of halogens is 1. The van der Waals surface area contributed by atoms with Crippen LogP contribution in [0.15, 0.2) is 47.4 Å². The summed E-state index contributed by atoms with van der Waals surface area (Å²) in [5.74, 6) is -1.04. The van der Waals surface area contributed by atoms with Crippen molar-refractivity contribution in [3.8, 4) is 5.69 Å². The predicted molar refractivity (Wildman–Crippen MR) is 95.6 cm³/mol. The van der Waals surface area contributed by atoms with Gasteiger partial charge in [-0.15, -0.1) is 0 Å². The van der Waals surface area contributed by atoms with E-state index in [1.165, 1.54) is 22.8 Å². The number of aliphatic hydroxyl groups is 1. The number of carbonyl (C=O) groups is 1. The molecule has 3 atom stereocenters. The first kappa shape index (κ1) is 18.2. The van der Waals surface area contributed by atoms with Crippen molar-refractivity contribution in [1.82, 2.24) is 9.47 Å². The quantitative estimate of drug-likeness (QED) is 0.729. The van der Waals surface area contributed by atoms with Crippen molar-refractivity contribution in [2.24, 2.45) is 5.73 Å². The second-order valence-corrected chi connectivity index (χ2v) is 6.44. The fraction of sp³-hybridized carbons (Fsp3) is 0.333. The molecule has 1 aliphatic rings. The van der Waals surface area contributed by atoms with E-state index in [1.54, 1.807) is 29.3 Å². The first-order valence-electron chi connectivity index (χ1n) is 8.32. The molecule has 8 heteroatoms. The topological polar surface area (TPSA) is 101 Å². The number of carbonyl (C=O) groups excluding carboxylic acids is 1. The van der Waals surface area contributed by atoms with E-state index in [0.717, 1.165) is 0 Å². The van der Waals surface area contributed by atoms with Crippen molar-refractivity contribution in [1.29, 1.82) is 0 Å². The Morgan fingerprint density at radius 1 is 1.38 bits per heavy atom. The molecule has 26 heavy (non-hydrogen) atoms. The summed E-state index contributed by atoms with van der Waals surface area (Å²) >= 11 is 0. The lowest BCUT2D eigenvalue weighted by Gasteiger charge is -2.21. The van der Waals surface area contributed by atoms with E-state index in [9.17, 15) is 19.1 Å². The number of pyridine rings is 1. The van der Waals surface area contributed by atoms with Crippen LogP contribution in [0.3, 0.4) is 0 Å². The molecule has 4 N–H and O–H groups in total. The van der Waals surface area contributed by atoms with E-state index in [2.05, 4.69) is 5.32 Å². The van der Waals surface area contributed by atoms with Crippen molar-refractivity contribution < 1.29 is 14.3 Å². The molecule has 1 amide bonds. The summed E-state index contributed by atoms with van der Waals surface area (Å²) in [6.07, 6.45) is 0.858. The fourth-order valence-corrected chi connectivity index (χ4v) is 3.07. The third kappa shape index (κ3) is 3.67. The highest BCUT2D eigenvalue weighted by molar-refractivity contribution is 5.92. The van der Waals surface area contributed by atoms with Gasteiger partial charge in [-0.2, -0.15) is 0 Å². The highest BCUT2D eigenvalue weighted by Gasteiger charge is 2.36. The van der Waals surface area contributed by atoms with Crippen LogP contribution in [0, 0.1) is 5.82 Å². The minimum absolute atomic E-state index is 0.00522. The Bertz CT molecular complexity index is 870. The molecule has 1 aromatic carbocycles. The van der Waals surface area contributed by atoms with E-state index in [4.69, 9.17) is 5.73 Å². The Morgan fingerprint density at radius 2 is 2.15 bits per heavy atom. The van der Waals surface area contributed by atoms with Gasteiger partial charge in [0.05, 0.1) is 24.0 Å². The van der Waals surface area contributed by atoms with Crippen LogP contribution >= 0.6 is 0 Å². The molecule has 1 aliphatic heterocycles. The normalized spacial score (nSPS) is 23.2. The summed E-state index contributed by atoms with van der Waals surface area (Å²) in [7, 11) is 0. The van der Waals surface area contributed by atoms with E-state index < -0.39 is 23.9 Å². The molecule has 1 saturated heterocycles. The number of amides is 1. The van der Waals surface area contributed by atoms with E-state index in [0.29, 0.717) is 12.2 Å². The van der Waals surface area contributed by atoms with Gasteiger partial charge in [-0.05, 0) is 25.1 Å². The minimum Gasteiger partial charge on any atom is -0.390 e. The van der Waals surface area contributed by atoms with Gasteiger partial charge < -0.3 is 16.2 Å². The molecule has 0 saturated carbocycles. The average molecular weight is 360 g/mol. The van der Waals surface area contributed by atoms with Gasteiger partial charge in [-0.3, -0.25) is 19.1 Å². The van der Waals surface area contributed by atoms with Gasteiger partial charge in [0, 0.05) is 37.0 Å². The van der Waals surface area contributed by atoms with Crippen molar-refractivity contribution in [2.45, 2.75) is 25.1 Å². The van der Waals surface area contributed by atoms with Gasteiger partial charge in [0.15, 0.2) is 0 Å². The number of nitrogens with zero attached hydrogens (tertiary/aromatic N) is 2. The summed E-state index contributed by atoms with van der Waals surface area (Å²) in [6.45, 7) is 2.14. The number of β-amino-alcohol motifs (C(OH)–C–C–N with tert-alkyl or cyclic N) is 1. The molecule has 1 aromatic heterocycles. The summed E-state index contributed by atoms with van der Waals surface area (Å²) in [6, 6.07) is 8.25. The number of benzene rings is 1. The predicted octanol–water partition coefficient (Wildman–Crippen LogP) is 0.307. The Kier molecular flexibility index (Phi) is 5.17. The van der Waals surface area contributed by atoms with E-state index in [1.807, 2.05) is 6.92 Å². The number of rotatable bonds is 4. The number of aliphatic hydroxyl groups excluding tert-OH is 1. The maximum atomic E-state index is 14.3. The Morgan fingerprint density at radius 3 is 2.77 bits per heavy atom. The zero-order valence-electron chi connectivity index (χ0n) is 14.3. The van der Waals surface area contributed by atoms with Crippen LogP contribution < -0.4 is 16.6 Å². The molecule has 3 rings (SSSR count). The number of hydrogen-bond acceptors (Lipinski definition) is 5. The van der Waals surface area contributed by atoms with Gasteiger partial charge >= 0.3 is 0 Å². The second-order valence-electron chi connectivity index (χ2n) is 6.44. The Labute approximate surface area is 149 Å². The molecule has 0 aliphatic carbocycles. The molecule has 138 valence electrons. The molecule has 0 spiro atoms. The van der Waals surface area contributed by atoms with E-state index >= 15 is 0 Å². The number of aromatic nitrogens is 1.